The van der Waals surface area contributed by atoms with Gasteiger partial charge in [0, 0.05) is 5.57 Å². The summed E-state index contributed by atoms with van der Waals surface area (Å²) in [5, 5.41) is 17.8. The smallest absolute Gasteiger partial charge is 0.309 e. The second kappa shape index (κ2) is 3.83. The lowest BCUT2D eigenvalue weighted by atomic mass is 9.71. The van der Waals surface area contributed by atoms with Crippen molar-refractivity contribution in [2.45, 2.75) is 33.1 Å². The molecular formula is C11H15NO2. The van der Waals surface area contributed by atoms with Crippen LogP contribution < -0.4 is 0 Å². The molecule has 1 N–H and O–H groups in total. The quantitative estimate of drug-likeness (QED) is 0.732. The van der Waals surface area contributed by atoms with Gasteiger partial charge in [0.05, 0.1) is 11.5 Å². The molecule has 0 aliphatic heterocycles. The van der Waals surface area contributed by atoms with E-state index in [-0.39, 0.29) is 5.92 Å². The van der Waals surface area contributed by atoms with Gasteiger partial charge in [-0.25, -0.2) is 0 Å². The molecule has 0 amide bonds. The summed E-state index contributed by atoms with van der Waals surface area (Å²) in [4.78, 5) is 11.0. The van der Waals surface area contributed by atoms with Gasteiger partial charge < -0.3 is 5.11 Å². The monoisotopic (exact) mass is 193 g/mol. The van der Waals surface area contributed by atoms with Gasteiger partial charge in [-0.1, -0.05) is 6.08 Å². The zero-order chi connectivity index (χ0) is 10.8. The number of carbonyl (C=O) groups is 1. The van der Waals surface area contributed by atoms with Crippen LogP contribution >= 0.6 is 0 Å². The van der Waals surface area contributed by atoms with Crippen molar-refractivity contribution in [3.05, 3.63) is 11.6 Å². The highest BCUT2D eigenvalue weighted by Crippen LogP contribution is 2.38. The highest BCUT2D eigenvalue weighted by molar-refractivity contribution is 5.74. The maximum absolute atomic E-state index is 11.0. The molecule has 0 saturated carbocycles. The summed E-state index contributed by atoms with van der Waals surface area (Å²) in [5.41, 5.74) is 0.00618. The van der Waals surface area contributed by atoms with Crippen molar-refractivity contribution < 1.29 is 9.90 Å². The van der Waals surface area contributed by atoms with Crippen molar-refractivity contribution in [2.24, 2.45) is 11.3 Å². The molecule has 0 bridgehead atoms. The summed E-state index contributed by atoms with van der Waals surface area (Å²) in [6.07, 6.45) is 4.21. The third-order valence-corrected chi connectivity index (χ3v) is 3.09. The van der Waals surface area contributed by atoms with Crippen molar-refractivity contribution in [3.63, 3.8) is 0 Å². The Bertz CT molecular complexity index is 310. The van der Waals surface area contributed by atoms with Crippen molar-refractivity contribution in [3.8, 4) is 6.07 Å². The molecule has 0 saturated heterocycles. The van der Waals surface area contributed by atoms with Gasteiger partial charge in [-0.2, -0.15) is 5.26 Å². The van der Waals surface area contributed by atoms with E-state index in [0.717, 1.165) is 18.4 Å². The van der Waals surface area contributed by atoms with Crippen molar-refractivity contribution in [2.75, 3.05) is 0 Å². The van der Waals surface area contributed by atoms with Crippen molar-refractivity contribution in [1.29, 1.82) is 5.26 Å². The fourth-order valence-electron chi connectivity index (χ4n) is 1.79. The number of hydrogen-bond acceptors (Lipinski definition) is 2. The fourth-order valence-corrected chi connectivity index (χ4v) is 1.79. The molecule has 1 rings (SSSR count). The maximum Gasteiger partial charge on any atom is 0.309 e. The molecule has 1 atom stereocenters. The van der Waals surface area contributed by atoms with E-state index in [1.54, 1.807) is 13.8 Å². The largest absolute Gasteiger partial charge is 0.481 e. The number of hydrogen-bond donors (Lipinski definition) is 1. The normalized spacial score (nSPS) is 22.4. The minimum Gasteiger partial charge on any atom is -0.481 e. The molecule has 0 radical (unpaired) electrons. The van der Waals surface area contributed by atoms with Crippen LogP contribution in [0.4, 0.5) is 0 Å². The SMILES string of the molecule is CC(C)(C(=O)O)C1CCC=C(C#N)C1. The van der Waals surface area contributed by atoms with Crippen molar-refractivity contribution in [1.82, 2.24) is 0 Å². The maximum atomic E-state index is 11.0. The molecule has 3 heteroatoms. The minimum atomic E-state index is -0.776. The van der Waals surface area contributed by atoms with Gasteiger partial charge in [0.1, 0.15) is 0 Å². The predicted molar refractivity (Wildman–Crippen MR) is 52.5 cm³/mol. The van der Waals surface area contributed by atoms with E-state index in [1.165, 1.54) is 0 Å². The van der Waals surface area contributed by atoms with Crippen LogP contribution in [0.2, 0.25) is 0 Å². The Morgan fingerprint density at radius 1 is 1.71 bits per heavy atom. The van der Waals surface area contributed by atoms with Crippen LogP contribution in [0.5, 0.6) is 0 Å². The molecule has 76 valence electrons. The summed E-state index contributed by atoms with van der Waals surface area (Å²) in [6, 6.07) is 2.11. The van der Waals surface area contributed by atoms with Gasteiger partial charge in [0.2, 0.25) is 0 Å². The van der Waals surface area contributed by atoms with Crippen LogP contribution in [0.25, 0.3) is 0 Å². The summed E-state index contributed by atoms with van der Waals surface area (Å²) in [6.45, 7) is 3.47. The fraction of sp³-hybridized carbons (Fsp3) is 0.636. The third-order valence-electron chi connectivity index (χ3n) is 3.09. The Balaban J connectivity index is 2.78. The lowest BCUT2D eigenvalue weighted by Gasteiger charge is -2.32. The molecular weight excluding hydrogens is 178 g/mol. The van der Waals surface area contributed by atoms with Crippen LogP contribution in [-0.4, -0.2) is 11.1 Å². The molecule has 1 aliphatic carbocycles. The first-order valence-electron chi connectivity index (χ1n) is 4.81. The second-order valence-corrected chi connectivity index (χ2v) is 4.35. The molecule has 0 spiro atoms. The number of nitriles is 1. The Morgan fingerprint density at radius 3 is 2.86 bits per heavy atom. The van der Waals surface area contributed by atoms with Crippen LogP contribution in [0.3, 0.4) is 0 Å². The molecule has 14 heavy (non-hydrogen) atoms. The minimum absolute atomic E-state index is 0.0830. The standard InChI is InChI=1S/C11H15NO2/c1-11(2,10(13)14)9-5-3-4-8(6-9)7-12/h4,9H,3,5-6H2,1-2H3,(H,13,14). The van der Waals surface area contributed by atoms with Gasteiger partial charge in [0.25, 0.3) is 0 Å². The Morgan fingerprint density at radius 2 is 2.36 bits per heavy atom. The van der Waals surface area contributed by atoms with Crippen LogP contribution in [0, 0.1) is 22.7 Å². The van der Waals surface area contributed by atoms with E-state index in [4.69, 9.17) is 10.4 Å². The first kappa shape index (κ1) is 10.8. The molecule has 1 unspecified atom stereocenters. The van der Waals surface area contributed by atoms with E-state index in [0.29, 0.717) is 6.42 Å². The van der Waals surface area contributed by atoms with E-state index in [9.17, 15) is 4.79 Å². The van der Waals surface area contributed by atoms with Gasteiger partial charge >= 0.3 is 5.97 Å². The topological polar surface area (TPSA) is 61.1 Å². The molecule has 0 aromatic heterocycles. The second-order valence-electron chi connectivity index (χ2n) is 4.35. The zero-order valence-electron chi connectivity index (χ0n) is 8.58. The van der Waals surface area contributed by atoms with E-state index in [2.05, 4.69) is 6.07 Å². The van der Waals surface area contributed by atoms with E-state index < -0.39 is 11.4 Å². The lowest BCUT2D eigenvalue weighted by Crippen LogP contribution is -2.34. The lowest BCUT2D eigenvalue weighted by molar-refractivity contribution is -0.150. The number of rotatable bonds is 2. The summed E-state index contributed by atoms with van der Waals surface area (Å²) < 4.78 is 0. The first-order chi connectivity index (χ1) is 6.48. The summed E-state index contributed by atoms with van der Waals surface area (Å²) in [7, 11) is 0. The number of carboxylic acids is 1. The summed E-state index contributed by atoms with van der Waals surface area (Å²) >= 11 is 0. The first-order valence-corrected chi connectivity index (χ1v) is 4.81. The van der Waals surface area contributed by atoms with Gasteiger partial charge in [-0.05, 0) is 39.0 Å². The van der Waals surface area contributed by atoms with Crippen LogP contribution in [0.15, 0.2) is 11.6 Å². The van der Waals surface area contributed by atoms with Crippen LogP contribution in [-0.2, 0) is 4.79 Å². The third kappa shape index (κ3) is 1.95. The summed E-state index contributed by atoms with van der Waals surface area (Å²) in [5.74, 6) is -0.693. The molecule has 0 heterocycles. The highest BCUT2D eigenvalue weighted by atomic mass is 16.4. The van der Waals surface area contributed by atoms with Gasteiger partial charge in [-0.3, -0.25) is 4.79 Å². The average Bonchev–Trinajstić information content (AvgIpc) is 2.17. The Labute approximate surface area is 84.0 Å². The molecule has 1 aliphatic rings. The van der Waals surface area contributed by atoms with E-state index in [1.807, 2.05) is 6.08 Å². The van der Waals surface area contributed by atoms with Gasteiger partial charge in [0.15, 0.2) is 0 Å². The number of aliphatic carboxylic acids is 1. The number of allylic oxidation sites excluding steroid dienone is 2. The number of carboxylic acid groups (broad SMARTS) is 1. The van der Waals surface area contributed by atoms with Crippen LogP contribution in [0.1, 0.15) is 33.1 Å². The Kier molecular flexibility index (Phi) is 2.95. The predicted octanol–water partition coefficient (Wildman–Crippen LogP) is 2.35. The zero-order valence-corrected chi connectivity index (χ0v) is 8.58. The van der Waals surface area contributed by atoms with Gasteiger partial charge in [-0.15, -0.1) is 0 Å². The molecule has 0 fully saturated rings. The van der Waals surface area contributed by atoms with Crippen molar-refractivity contribution >= 4 is 5.97 Å². The highest BCUT2D eigenvalue weighted by Gasteiger charge is 2.37. The molecule has 3 nitrogen and oxygen atoms in total. The Hall–Kier alpha value is -1.30. The van der Waals surface area contributed by atoms with E-state index >= 15 is 0 Å². The molecule has 0 aromatic rings. The number of nitrogens with zero attached hydrogens (tertiary/aromatic N) is 1. The molecule has 0 aromatic carbocycles. The average molecular weight is 193 g/mol.